The molecular weight excluding hydrogens is 240 g/mol. The van der Waals surface area contributed by atoms with Crippen molar-refractivity contribution in [2.24, 2.45) is 0 Å². The molecule has 5 nitrogen and oxygen atoms in total. The quantitative estimate of drug-likeness (QED) is 0.473. The summed E-state index contributed by atoms with van der Waals surface area (Å²) in [6.07, 6.45) is 1.87. The topological polar surface area (TPSA) is 73.1 Å². The van der Waals surface area contributed by atoms with Gasteiger partial charge in [0.2, 0.25) is 0 Å². The fourth-order valence-electron chi connectivity index (χ4n) is 1.35. The molecule has 0 spiro atoms. The second-order valence-electron chi connectivity index (χ2n) is 3.33. The first kappa shape index (κ1) is 11.4. The summed E-state index contributed by atoms with van der Waals surface area (Å²) in [4.78, 5) is 25.8. The van der Waals surface area contributed by atoms with E-state index in [1.54, 1.807) is 11.6 Å². The van der Waals surface area contributed by atoms with Gasteiger partial charge in [-0.05, 0) is 12.1 Å². The predicted molar refractivity (Wildman–Crippen MR) is 63.2 cm³/mol. The summed E-state index contributed by atoms with van der Waals surface area (Å²) < 4.78 is 0. The Morgan fingerprint density at radius 3 is 2.59 bits per heavy atom. The Kier molecular flexibility index (Phi) is 3.24. The van der Waals surface area contributed by atoms with Gasteiger partial charge in [0.05, 0.1) is 11.3 Å². The molecule has 0 saturated heterocycles. The molecule has 0 atom stereocenters. The highest BCUT2D eigenvalue weighted by Gasteiger charge is 2.11. The minimum atomic E-state index is -0.491. The highest BCUT2D eigenvalue weighted by atomic mass is 32.1. The van der Waals surface area contributed by atoms with E-state index in [-0.39, 0.29) is 17.9 Å². The zero-order valence-corrected chi connectivity index (χ0v) is 9.52. The largest absolute Gasteiger partial charge is 0.294 e. The lowest BCUT2D eigenvalue weighted by Crippen LogP contribution is -2.03. The number of carbonyl (C=O) groups excluding carboxylic acids is 1. The number of carbonyl (C=O) groups is 1. The number of Topliss-reactive ketones (excluding diaryl/α,β-unsaturated/α-hetero) is 1. The fraction of sp³-hybridized carbons (Fsp3) is 0.0909. The summed E-state index contributed by atoms with van der Waals surface area (Å²) in [5.41, 5.74) is 0.446. The number of non-ortho nitro benzene ring substituents is 1. The van der Waals surface area contributed by atoms with E-state index < -0.39 is 4.92 Å². The van der Waals surface area contributed by atoms with Crippen LogP contribution in [0.25, 0.3) is 0 Å². The van der Waals surface area contributed by atoms with E-state index in [4.69, 9.17) is 0 Å². The summed E-state index contributed by atoms with van der Waals surface area (Å²) in [6.45, 7) is 0. The molecule has 0 N–H and O–H groups in total. The van der Waals surface area contributed by atoms with Crippen LogP contribution in [-0.4, -0.2) is 15.7 Å². The smallest absolute Gasteiger partial charge is 0.269 e. The molecule has 0 aliphatic heterocycles. The van der Waals surface area contributed by atoms with Crippen LogP contribution in [-0.2, 0) is 6.42 Å². The Balaban J connectivity index is 2.12. The van der Waals surface area contributed by atoms with Crippen LogP contribution in [0.1, 0.15) is 15.4 Å². The molecule has 6 heteroatoms. The zero-order chi connectivity index (χ0) is 12.3. The van der Waals surface area contributed by atoms with Crippen LogP contribution in [0.15, 0.2) is 35.8 Å². The third-order valence-corrected chi connectivity index (χ3v) is 2.97. The Bertz CT molecular complexity index is 534. The molecule has 1 aromatic carbocycles. The van der Waals surface area contributed by atoms with Crippen LogP contribution < -0.4 is 0 Å². The maximum atomic E-state index is 11.8. The summed E-state index contributed by atoms with van der Waals surface area (Å²) >= 11 is 1.41. The van der Waals surface area contributed by atoms with Crippen LogP contribution in [0.4, 0.5) is 5.69 Å². The van der Waals surface area contributed by atoms with E-state index in [1.165, 1.54) is 35.6 Å². The summed E-state index contributed by atoms with van der Waals surface area (Å²) in [6, 6.07) is 5.59. The normalized spacial score (nSPS) is 10.1. The number of thiazole rings is 1. The number of aromatic nitrogens is 1. The van der Waals surface area contributed by atoms with Crippen molar-refractivity contribution in [3.05, 3.63) is 56.5 Å². The molecule has 0 bridgehead atoms. The van der Waals surface area contributed by atoms with E-state index in [1.807, 2.05) is 0 Å². The van der Waals surface area contributed by atoms with E-state index >= 15 is 0 Å². The van der Waals surface area contributed by atoms with Crippen LogP contribution in [0.3, 0.4) is 0 Å². The third kappa shape index (κ3) is 2.73. The van der Waals surface area contributed by atoms with Crippen molar-refractivity contribution in [3.63, 3.8) is 0 Å². The molecule has 0 unspecified atom stereocenters. The van der Waals surface area contributed by atoms with Gasteiger partial charge in [-0.15, -0.1) is 11.3 Å². The maximum absolute atomic E-state index is 11.8. The molecule has 1 heterocycles. The first-order valence-electron chi connectivity index (χ1n) is 4.83. The molecule has 0 saturated carbocycles. The first-order chi connectivity index (χ1) is 8.16. The fourth-order valence-corrected chi connectivity index (χ4v) is 1.96. The number of benzene rings is 1. The van der Waals surface area contributed by atoms with E-state index in [0.29, 0.717) is 5.56 Å². The second-order valence-corrected chi connectivity index (χ2v) is 4.31. The molecule has 2 rings (SSSR count). The SMILES string of the molecule is O=C(Cc1nccs1)c1ccc([N+](=O)[O-])cc1. The lowest BCUT2D eigenvalue weighted by Gasteiger charge is -1.98. The van der Waals surface area contributed by atoms with Crippen LogP contribution in [0.2, 0.25) is 0 Å². The molecule has 17 heavy (non-hydrogen) atoms. The predicted octanol–water partition coefficient (Wildman–Crippen LogP) is 2.48. The minimum absolute atomic E-state index is 0.0178. The number of hydrogen-bond donors (Lipinski definition) is 0. The number of nitro groups is 1. The number of nitrogens with zero attached hydrogens (tertiary/aromatic N) is 2. The van der Waals surface area contributed by atoms with Crippen LogP contribution >= 0.6 is 11.3 Å². The maximum Gasteiger partial charge on any atom is 0.269 e. The molecule has 0 aliphatic carbocycles. The first-order valence-corrected chi connectivity index (χ1v) is 5.71. The third-order valence-electron chi connectivity index (χ3n) is 2.20. The van der Waals surface area contributed by atoms with Crippen molar-refractivity contribution in [2.45, 2.75) is 6.42 Å². The number of ketones is 1. The van der Waals surface area contributed by atoms with Gasteiger partial charge in [-0.3, -0.25) is 14.9 Å². The molecule has 0 fully saturated rings. The van der Waals surface area contributed by atoms with Gasteiger partial charge in [0.25, 0.3) is 5.69 Å². The summed E-state index contributed by atoms with van der Waals surface area (Å²) in [5, 5.41) is 13.0. The average molecular weight is 248 g/mol. The Hall–Kier alpha value is -2.08. The van der Waals surface area contributed by atoms with E-state index in [9.17, 15) is 14.9 Å². The molecule has 86 valence electrons. The highest BCUT2D eigenvalue weighted by Crippen LogP contribution is 2.14. The van der Waals surface area contributed by atoms with Crippen LogP contribution in [0.5, 0.6) is 0 Å². The van der Waals surface area contributed by atoms with E-state index in [0.717, 1.165) is 5.01 Å². The van der Waals surface area contributed by atoms with Crippen molar-refractivity contribution in [1.82, 2.24) is 4.98 Å². The lowest BCUT2D eigenvalue weighted by molar-refractivity contribution is -0.384. The Morgan fingerprint density at radius 2 is 2.06 bits per heavy atom. The van der Waals surface area contributed by atoms with E-state index in [2.05, 4.69) is 4.98 Å². The van der Waals surface area contributed by atoms with Gasteiger partial charge in [0, 0.05) is 29.3 Å². The molecular formula is C11H8N2O3S. The van der Waals surface area contributed by atoms with Crippen molar-refractivity contribution < 1.29 is 9.72 Å². The van der Waals surface area contributed by atoms with Gasteiger partial charge in [0.1, 0.15) is 5.01 Å². The van der Waals surface area contributed by atoms with Crippen molar-refractivity contribution in [3.8, 4) is 0 Å². The second kappa shape index (κ2) is 4.84. The molecule has 0 radical (unpaired) electrons. The van der Waals surface area contributed by atoms with Crippen molar-refractivity contribution >= 4 is 22.8 Å². The number of nitro benzene ring substituents is 1. The Labute approximate surface area is 101 Å². The average Bonchev–Trinajstić information content (AvgIpc) is 2.82. The van der Waals surface area contributed by atoms with Gasteiger partial charge in [-0.1, -0.05) is 0 Å². The monoisotopic (exact) mass is 248 g/mol. The van der Waals surface area contributed by atoms with Gasteiger partial charge in [0.15, 0.2) is 5.78 Å². The van der Waals surface area contributed by atoms with Gasteiger partial charge < -0.3 is 0 Å². The van der Waals surface area contributed by atoms with Gasteiger partial charge in [-0.25, -0.2) is 4.98 Å². The number of hydrogen-bond acceptors (Lipinski definition) is 5. The molecule has 1 aromatic heterocycles. The Morgan fingerprint density at radius 1 is 1.35 bits per heavy atom. The molecule has 0 amide bonds. The summed E-state index contributed by atoms with van der Waals surface area (Å²) in [5.74, 6) is -0.0881. The van der Waals surface area contributed by atoms with Crippen molar-refractivity contribution in [1.29, 1.82) is 0 Å². The summed E-state index contributed by atoms with van der Waals surface area (Å²) in [7, 11) is 0. The molecule has 0 aliphatic rings. The lowest BCUT2D eigenvalue weighted by atomic mass is 10.1. The highest BCUT2D eigenvalue weighted by molar-refractivity contribution is 7.09. The number of rotatable bonds is 4. The van der Waals surface area contributed by atoms with Crippen LogP contribution in [0, 0.1) is 10.1 Å². The van der Waals surface area contributed by atoms with Gasteiger partial charge >= 0.3 is 0 Å². The molecule has 2 aromatic rings. The zero-order valence-electron chi connectivity index (χ0n) is 8.70. The van der Waals surface area contributed by atoms with Crippen molar-refractivity contribution in [2.75, 3.05) is 0 Å². The minimum Gasteiger partial charge on any atom is -0.294 e. The van der Waals surface area contributed by atoms with Gasteiger partial charge in [-0.2, -0.15) is 0 Å². The standard InChI is InChI=1S/C11H8N2O3S/c14-10(7-11-12-5-6-17-11)8-1-3-9(4-2-8)13(15)16/h1-6H,7H2.